The molecule has 0 spiro atoms. The summed E-state index contributed by atoms with van der Waals surface area (Å²) in [6.45, 7) is 7.63. The van der Waals surface area contributed by atoms with Gasteiger partial charge in [-0.3, -0.25) is 0 Å². The van der Waals surface area contributed by atoms with Crippen molar-refractivity contribution in [2.45, 2.75) is 26.7 Å². The van der Waals surface area contributed by atoms with Crippen LogP contribution in [0.2, 0.25) is 0 Å². The number of nitrogens with one attached hydrogen (secondary N) is 2. The van der Waals surface area contributed by atoms with E-state index in [-0.39, 0.29) is 0 Å². The molecule has 84 valence electrons. The first-order valence-corrected chi connectivity index (χ1v) is 6.46. The highest BCUT2D eigenvalue weighted by Gasteiger charge is 2.13. The molecule has 1 aromatic heterocycles. The molecule has 2 rings (SSSR count). The van der Waals surface area contributed by atoms with Gasteiger partial charge in [-0.15, -0.1) is 11.3 Å². The summed E-state index contributed by atoms with van der Waals surface area (Å²) in [7, 11) is 0. The summed E-state index contributed by atoms with van der Waals surface area (Å²) in [4.78, 5) is 5.79. The first-order valence-electron chi connectivity index (χ1n) is 5.64. The van der Waals surface area contributed by atoms with Crippen molar-refractivity contribution in [2.75, 3.05) is 25.0 Å². The van der Waals surface area contributed by atoms with Crippen molar-refractivity contribution in [3.8, 4) is 0 Å². The lowest BCUT2D eigenvalue weighted by Gasteiger charge is -2.07. The van der Waals surface area contributed by atoms with Crippen molar-refractivity contribution >= 4 is 16.5 Å². The number of hydrogen-bond donors (Lipinski definition) is 2. The molecule has 4 heteroatoms. The summed E-state index contributed by atoms with van der Waals surface area (Å²) < 4.78 is 0. The van der Waals surface area contributed by atoms with Crippen LogP contribution in [-0.4, -0.2) is 24.6 Å². The first kappa shape index (κ1) is 10.9. The van der Waals surface area contributed by atoms with Crippen molar-refractivity contribution in [3.63, 3.8) is 0 Å². The van der Waals surface area contributed by atoms with Gasteiger partial charge < -0.3 is 10.6 Å². The van der Waals surface area contributed by atoms with Crippen molar-refractivity contribution in [3.05, 3.63) is 10.6 Å². The third-order valence-corrected chi connectivity index (χ3v) is 4.05. The average Bonchev–Trinajstić information content (AvgIpc) is 2.79. The minimum absolute atomic E-state index is 0.861. The van der Waals surface area contributed by atoms with E-state index in [1.807, 2.05) is 0 Å². The maximum atomic E-state index is 4.47. The van der Waals surface area contributed by atoms with E-state index in [1.165, 1.54) is 30.8 Å². The molecule has 3 nitrogen and oxygen atoms in total. The monoisotopic (exact) mass is 225 g/mol. The van der Waals surface area contributed by atoms with Gasteiger partial charge in [0, 0.05) is 11.4 Å². The summed E-state index contributed by atoms with van der Waals surface area (Å²) in [6.07, 6.45) is 2.59. The Kier molecular flexibility index (Phi) is 3.59. The number of aryl methyl sites for hydroxylation is 2. The Hall–Kier alpha value is -0.610. The minimum atomic E-state index is 0.861. The van der Waals surface area contributed by atoms with E-state index in [0.29, 0.717) is 0 Å². The maximum absolute atomic E-state index is 4.47. The second kappa shape index (κ2) is 4.94. The van der Waals surface area contributed by atoms with Gasteiger partial charge in [0.05, 0.1) is 5.69 Å². The molecule has 2 N–H and O–H groups in total. The van der Waals surface area contributed by atoms with Gasteiger partial charge in [-0.2, -0.15) is 0 Å². The van der Waals surface area contributed by atoms with Crippen molar-refractivity contribution in [1.82, 2.24) is 10.3 Å². The van der Waals surface area contributed by atoms with E-state index in [4.69, 9.17) is 0 Å². The van der Waals surface area contributed by atoms with E-state index in [2.05, 4.69) is 29.5 Å². The first-order chi connectivity index (χ1) is 7.25. The Bertz CT molecular complexity index is 296. The number of anilines is 1. The molecule has 0 radical (unpaired) electrons. The Morgan fingerprint density at radius 3 is 3.00 bits per heavy atom. The molecule has 1 saturated heterocycles. The zero-order valence-electron chi connectivity index (χ0n) is 9.47. The van der Waals surface area contributed by atoms with Gasteiger partial charge in [0.15, 0.2) is 5.13 Å². The highest BCUT2D eigenvalue weighted by atomic mass is 32.1. The molecule has 1 atom stereocenters. The summed E-state index contributed by atoms with van der Waals surface area (Å²) in [5, 5.41) is 7.89. The molecule has 1 aliphatic heterocycles. The van der Waals surface area contributed by atoms with Crippen LogP contribution in [0, 0.1) is 19.8 Å². The van der Waals surface area contributed by atoms with E-state index in [0.717, 1.165) is 23.3 Å². The fourth-order valence-corrected chi connectivity index (χ4v) is 2.73. The summed E-state index contributed by atoms with van der Waals surface area (Å²) in [5.74, 6) is 0.861. The fraction of sp³-hybridized carbons (Fsp3) is 0.727. The second-order valence-electron chi connectivity index (χ2n) is 4.23. The Morgan fingerprint density at radius 1 is 1.53 bits per heavy atom. The van der Waals surface area contributed by atoms with Gasteiger partial charge in [-0.05, 0) is 45.7 Å². The van der Waals surface area contributed by atoms with Crippen LogP contribution in [0.4, 0.5) is 5.13 Å². The molecular formula is C11H19N3S. The van der Waals surface area contributed by atoms with E-state index < -0.39 is 0 Å². The van der Waals surface area contributed by atoms with Crippen LogP contribution in [0.5, 0.6) is 0 Å². The van der Waals surface area contributed by atoms with E-state index in [9.17, 15) is 0 Å². The van der Waals surface area contributed by atoms with Crippen molar-refractivity contribution < 1.29 is 0 Å². The van der Waals surface area contributed by atoms with Crippen LogP contribution in [0.1, 0.15) is 23.4 Å². The molecule has 0 aliphatic carbocycles. The van der Waals surface area contributed by atoms with E-state index in [1.54, 1.807) is 11.3 Å². The van der Waals surface area contributed by atoms with Crippen LogP contribution in [0.25, 0.3) is 0 Å². The van der Waals surface area contributed by atoms with Crippen LogP contribution >= 0.6 is 11.3 Å². The predicted octanol–water partition coefficient (Wildman–Crippen LogP) is 2.17. The smallest absolute Gasteiger partial charge is 0.183 e. The van der Waals surface area contributed by atoms with Crippen LogP contribution in [-0.2, 0) is 0 Å². The Morgan fingerprint density at radius 2 is 2.40 bits per heavy atom. The van der Waals surface area contributed by atoms with Crippen LogP contribution in [0.3, 0.4) is 0 Å². The van der Waals surface area contributed by atoms with Gasteiger partial charge in [0.2, 0.25) is 0 Å². The third-order valence-electron chi connectivity index (χ3n) is 3.02. The average molecular weight is 225 g/mol. The molecule has 1 aliphatic rings. The Labute approximate surface area is 95.3 Å². The summed E-state index contributed by atoms with van der Waals surface area (Å²) in [6, 6.07) is 0. The molecule has 0 amide bonds. The Balaban J connectivity index is 1.73. The lowest BCUT2D eigenvalue weighted by atomic mass is 10.1. The standard InChI is InChI=1S/C11H19N3S/c1-8-9(2)15-11(14-8)13-6-4-10-3-5-12-7-10/h10,12H,3-7H2,1-2H3,(H,13,14). The highest BCUT2D eigenvalue weighted by Crippen LogP contribution is 2.21. The third kappa shape index (κ3) is 2.92. The normalized spacial score (nSPS) is 20.8. The number of rotatable bonds is 4. The largest absolute Gasteiger partial charge is 0.361 e. The van der Waals surface area contributed by atoms with Gasteiger partial charge in [-0.1, -0.05) is 0 Å². The summed E-state index contributed by atoms with van der Waals surface area (Å²) >= 11 is 1.76. The number of nitrogens with zero attached hydrogens (tertiary/aromatic N) is 1. The van der Waals surface area contributed by atoms with Gasteiger partial charge >= 0.3 is 0 Å². The molecule has 0 aromatic carbocycles. The number of hydrogen-bond acceptors (Lipinski definition) is 4. The van der Waals surface area contributed by atoms with Crippen molar-refractivity contribution in [2.24, 2.45) is 5.92 Å². The topological polar surface area (TPSA) is 37.0 Å². The lowest BCUT2D eigenvalue weighted by molar-refractivity contribution is 0.549. The molecule has 0 bridgehead atoms. The maximum Gasteiger partial charge on any atom is 0.183 e. The quantitative estimate of drug-likeness (QED) is 0.824. The fourth-order valence-electron chi connectivity index (χ4n) is 1.89. The van der Waals surface area contributed by atoms with Gasteiger partial charge in [0.25, 0.3) is 0 Å². The summed E-state index contributed by atoms with van der Waals surface area (Å²) in [5.41, 5.74) is 1.16. The molecule has 0 saturated carbocycles. The molecule has 2 heterocycles. The van der Waals surface area contributed by atoms with Gasteiger partial charge in [0.1, 0.15) is 0 Å². The number of aromatic nitrogens is 1. The predicted molar refractivity (Wildman–Crippen MR) is 65.7 cm³/mol. The van der Waals surface area contributed by atoms with Crippen molar-refractivity contribution in [1.29, 1.82) is 0 Å². The minimum Gasteiger partial charge on any atom is -0.361 e. The zero-order chi connectivity index (χ0) is 10.7. The molecule has 15 heavy (non-hydrogen) atoms. The second-order valence-corrected chi connectivity index (χ2v) is 5.44. The van der Waals surface area contributed by atoms with E-state index >= 15 is 0 Å². The van der Waals surface area contributed by atoms with Gasteiger partial charge in [-0.25, -0.2) is 4.98 Å². The van der Waals surface area contributed by atoms with Crippen LogP contribution in [0.15, 0.2) is 0 Å². The SMILES string of the molecule is Cc1nc(NCCC2CCNC2)sc1C. The number of thiazole rings is 1. The molecule has 1 aromatic rings. The molecule has 1 unspecified atom stereocenters. The highest BCUT2D eigenvalue weighted by molar-refractivity contribution is 7.15. The van der Waals surface area contributed by atoms with Crippen LogP contribution < -0.4 is 10.6 Å². The zero-order valence-corrected chi connectivity index (χ0v) is 10.3. The lowest BCUT2D eigenvalue weighted by Crippen LogP contribution is -2.12. The molecule has 1 fully saturated rings. The molecular weight excluding hydrogens is 206 g/mol.